The zero-order valence-corrected chi connectivity index (χ0v) is 10.9. The van der Waals surface area contributed by atoms with E-state index in [1.807, 2.05) is 0 Å². The van der Waals surface area contributed by atoms with Gasteiger partial charge in [-0.25, -0.2) is 14.2 Å². The summed E-state index contributed by atoms with van der Waals surface area (Å²) in [5.74, 6) is -0.595. The molecule has 1 heterocycles. The third kappa shape index (κ3) is 2.08. The van der Waals surface area contributed by atoms with Gasteiger partial charge in [0.2, 0.25) is 0 Å². The molecule has 0 N–H and O–H groups in total. The molecule has 0 bridgehead atoms. The smallest absolute Gasteiger partial charge is 0.443 e. The van der Waals surface area contributed by atoms with E-state index in [0.717, 1.165) is 7.05 Å². The lowest BCUT2D eigenvalue weighted by Crippen LogP contribution is -2.29. The van der Waals surface area contributed by atoms with Crippen LogP contribution in [-0.4, -0.2) is 24.2 Å². The molecule has 0 aliphatic heterocycles. The summed E-state index contributed by atoms with van der Waals surface area (Å²) in [5, 5.41) is 0. The average molecular weight is 286 g/mol. The first-order valence-electron chi connectivity index (χ1n) is 5.07. The van der Waals surface area contributed by atoms with Crippen LogP contribution in [0, 0.1) is 0 Å². The Morgan fingerprint density at radius 3 is 2.16 bits per heavy atom. The highest BCUT2D eigenvalue weighted by atomic mass is 32.2. The molecular formula is C10H10N2O6S. The summed E-state index contributed by atoms with van der Waals surface area (Å²) in [6.45, 7) is 0. The van der Waals surface area contributed by atoms with E-state index >= 15 is 0 Å². The highest BCUT2D eigenvalue weighted by Crippen LogP contribution is 2.16. The quantitative estimate of drug-likeness (QED) is 0.745. The highest BCUT2D eigenvalue weighted by molar-refractivity contribution is 7.89. The lowest BCUT2D eigenvalue weighted by atomic mass is 10.3. The largest absolute Gasteiger partial charge is 0.497 e. The van der Waals surface area contributed by atoms with E-state index in [9.17, 15) is 18.0 Å². The van der Waals surface area contributed by atoms with Crippen molar-refractivity contribution in [3.05, 3.63) is 45.3 Å². The number of methoxy groups -OCH3 is 1. The fourth-order valence-electron chi connectivity index (χ4n) is 1.37. The fourth-order valence-corrected chi connectivity index (χ4v) is 2.53. The van der Waals surface area contributed by atoms with Crippen LogP contribution in [0.2, 0.25) is 0 Å². The normalized spacial score (nSPS) is 11.5. The Morgan fingerprint density at radius 2 is 1.74 bits per heavy atom. The van der Waals surface area contributed by atoms with Crippen molar-refractivity contribution >= 4 is 10.0 Å². The van der Waals surface area contributed by atoms with Gasteiger partial charge in [0, 0.05) is 7.05 Å². The van der Waals surface area contributed by atoms with E-state index in [2.05, 4.69) is 4.52 Å². The van der Waals surface area contributed by atoms with Gasteiger partial charge >= 0.3 is 11.4 Å². The Morgan fingerprint density at radius 1 is 1.16 bits per heavy atom. The predicted octanol–water partition coefficient (Wildman–Crippen LogP) is -0.614. The van der Waals surface area contributed by atoms with Crippen LogP contribution >= 0.6 is 0 Å². The van der Waals surface area contributed by atoms with E-state index < -0.39 is 21.5 Å². The van der Waals surface area contributed by atoms with Crippen LogP contribution in [-0.2, 0) is 17.1 Å². The molecule has 19 heavy (non-hydrogen) atoms. The number of hydrogen-bond acceptors (Lipinski definition) is 6. The molecule has 0 fully saturated rings. The van der Waals surface area contributed by atoms with Crippen molar-refractivity contribution in [1.82, 2.24) is 8.71 Å². The van der Waals surface area contributed by atoms with E-state index in [4.69, 9.17) is 4.74 Å². The molecule has 1 aromatic heterocycles. The minimum absolute atomic E-state index is 0.0527. The number of nitrogens with zero attached hydrogens (tertiary/aromatic N) is 2. The van der Waals surface area contributed by atoms with Crippen LogP contribution in [0.25, 0.3) is 0 Å². The fraction of sp³-hybridized carbons (Fsp3) is 0.200. The van der Waals surface area contributed by atoms with Gasteiger partial charge in [0.25, 0.3) is 10.0 Å². The molecule has 9 heteroatoms. The number of benzene rings is 1. The van der Waals surface area contributed by atoms with Crippen molar-refractivity contribution in [1.29, 1.82) is 0 Å². The molecule has 0 aliphatic rings. The second kappa shape index (κ2) is 4.43. The van der Waals surface area contributed by atoms with E-state index in [1.165, 1.54) is 31.4 Å². The predicted molar refractivity (Wildman–Crippen MR) is 63.8 cm³/mol. The number of rotatable bonds is 3. The van der Waals surface area contributed by atoms with Crippen molar-refractivity contribution in [2.75, 3.05) is 7.11 Å². The maximum absolute atomic E-state index is 12.1. The van der Waals surface area contributed by atoms with Crippen LogP contribution in [0.4, 0.5) is 0 Å². The molecule has 0 saturated carbocycles. The molecule has 0 aliphatic carbocycles. The van der Waals surface area contributed by atoms with Gasteiger partial charge in [-0.05, 0) is 28.4 Å². The molecule has 1 aromatic carbocycles. The van der Waals surface area contributed by atoms with Crippen molar-refractivity contribution in [3.63, 3.8) is 0 Å². The zero-order chi connectivity index (χ0) is 14.2. The van der Waals surface area contributed by atoms with E-state index in [-0.39, 0.29) is 9.04 Å². The third-order valence-electron chi connectivity index (χ3n) is 2.45. The minimum atomic E-state index is -4.24. The first-order chi connectivity index (χ1) is 8.87. The summed E-state index contributed by atoms with van der Waals surface area (Å²) in [7, 11) is -1.68. The van der Waals surface area contributed by atoms with Crippen LogP contribution in [0.1, 0.15) is 0 Å². The highest BCUT2D eigenvalue weighted by Gasteiger charge is 2.24. The summed E-state index contributed by atoms with van der Waals surface area (Å²) >= 11 is 0. The van der Waals surface area contributed by atoms with Crippen LogP contribution in [0.15, 0.2) is 43.3 Å². The molecular weight excluding hydrogens is 276 g/mol. The summed E-state index contributed by atoms with van der Waals surface area (Å²) < 4.78 is 34.1. The first-order valence-corrected chi connectivity index (χ1v) is 6.51. The van der Waals surface area contributed by atoms with Crippen molar-refractivity contribution < 1.29 is 17.7 Å². The van der Waals surface area contributed by atoms with Crippen LogP contribution < -0.4 is 16.2 Å². The number of aromatic nitrogens is 2. The summed E-state index contributed by atoms with van der Waals surface area (Å²) in [6, 6.07) is 5.32. The van der Waals surface area contributed by atoms with Crippen molar-refractivity contribution in [3.8, 4) is 5.75 Å². The summed E-state index contributed by atoms with van der Waals surface area (Å²) in [4.78, 5) is 22.5. The zero-order valence-electron chi connectivity index (χ0n) is 10.1. The molecule has 0 radical (unpaired) electrons. The maximum Gasteiger partial charge on any atom is 0.443 e. The molecule has 2 aromatic rings. The lowest BCUT2D eigenvalue weighted by Gasteiger charge is -2.03. The molecule has 0 unspecified atom stereocenters. The van der Waals surface area contributed by atoms with E-state index in [1.54, 1.807) is 0 Å². The van der Waals surface area contributed by atoms with Crippen LogP contribution in [0.5, 0.6) is 5.75 Å². The SMILES string of the molecule is COc1ccc(S(=O)(=O)n2oc(=O)n(C)c2=O)cc1. The molecule has 0 amide bonds. The van der Waals surface area contributed by atoms with Gasteiger partial charge in [-0.15, -0.1) is 0 Å². The van der Waals surface area contributed by atoms with Crippen molar-refractivity contribution in [2.24, 2.45) is 7.05 Å². The molecule has 0 atom stereocenters. The monoisotopic (exact) mass is 286 g/mol. The van der Waals surface area contributed by atoms with Gasteiger partial charge in [0.15, 0.2) is 0 Å². The van der Waals surface area contributed by atoms with Gasteiger partial charge in [-0.2, -0.15) is 8.42 Å². The minimum Gasteiger partial charge on any atom is -0.497 e. The van der Waals surface area contributed by atoms with Gasteiger partial charge in [-0.1, -0.05) is 0 Å². The lowest BCUT2D eigenvalue weighted by molar-refractivity contribution is 0.331. The summed E-state index contributed by atoms with van der Waals surface area (Å²) in [6.07, 6.45) is 0. The van der Waals surface area contributed by atoms with Gasteiger partial charge in [0.1, 0.15) is 5.75 Å². The Hall–Kier alpha value is -2.29. The Balaban J connectivity index is 2.61. The maximum atomic E-state index is 12.1. The van der Waals surface area contributed by atoms with Crippen LogP contribution in [0.3, 0.4) is 0 Å². The first kappa shape index (κ1) is 13.1. The Kier molecular flexibility index (Phi) is 3.06. The van der Waals surface area contributed by atoms with Crippen molar-refractivity contribution in [2.45, 2.75) is 4.90 Å². The topological polar surface area (TPSA) is 101 Å². The molecule has 102 valence electrons. The third-order valence-corrected chi connectivity index (χ3v) is 3.99. The average Bonchev–Trinajstić information content (AvgIpc) is 2.67. The van der Waals surface area contributed by atoms with Gasteiger partial charge in [0.05, 0.1) is 12.0 Å². The molecule has 2 rings (SSSR count). The van der Waals surface area contributed by atoms with E-state index in [0.29, 0.717) is 10.3 Å². The second-order valence-electron chi connectivity index (χ2n) is 3.61. The molecule has 0 saturated heterocycles. The second-order valence-corrected chi connectivity index (χ2v) is 5.36. The van der Waals surface area contributed by atoms with Gasteiger partial charge < -0.3 is 9.26 Å². The standard InChI is InChI=1S/C10H10N2O6S/c1-11-9(13)12(18-10(11)14)19(15,16)8-5-3-7(17-2)4-6-8/h3-6H,1-2H3. The summed E-state index contributed by atoms with van der Waals surface area (Å²) in [5.41, 5.74) is -1.07. The molecule has 8 nitrogen and oxygen atoms in total. The van der Waals surface area contributed by atoms with Gasteiger partial charge in [-0.3, -0.25) is 0 Å². The Labute approximate surface area is 107 Å². The number of hydrogen-bond donors (Lipinski definition) is 0. The molecule has 0 spiro atoms. The Bertz CT molecular complexity index is 809. The number of ether oxygens (including phenoxy) is 1.